The largest absolute Gasteiger partial charge is 0.365 e. The smallest absolute Gasteiger partial charge is 0.252 e. The minimum absolute atomic E-state index is 0.371. The third-order valence-electron chi connectivity index (χ3n) is 2.18. The minimum atomic E-state index is -0.502. The summed E-state index contributed by atoms with van der Waals surface area (Å²) in [5, 5.41) is 3.05. The van der Waals surface area contributed by atoms with Gasteiger partial charge in [0, 0.05) is 16.4 Å². The average molecular weight is 292 g/mol. The van der Waals surface area contributed by atoms with Crippen LogP contribution < -0.4 is 11.1 Å². The summed E-state index contributed by atoms with van der Waals surface area (Å²) < 4.78 is 0.985. The molecular weight excluding hydrogens is 282 g/mol. The molecule has 0 bridgehead atoms. The number of rotatable bonds is 3. The van der Waals surface area contributed by atoms with Crippen LogP contribution in [0.3, 0.4) is 0 Å². The molecule has 0 atom stereocenters. The fraction of sp³-hybridized carbons (Fsp3) is 0. The van der Waals surface area contributed by atoms with Gasteiger partial charge in [0.25, 0.3) is 5.91 Å². The number of nitrogens with zero attached hydrogens (tertiary/aromatic N) is 1. The van der Waals surface area contributed by atoms with Crippen molar-refractivity contribution in [1.29, 1.82) is 0 Å². The Morgan fingerprint density at radius 3 is 2.59 bits per heavy atom. The molecule has 0 spiro atoms. The lowest BCUT2D eigenvalue weighted by Crippen LogP contribution is -2.14. The summed E-state index contributed by atoms with van der Waals surface area (Å²) in [6, 6.07) is 10.9. The highest BCUT2D eigenvalue weighted by molar-refractivity contribution is 9.10. The van der Waals surface area contributed by atoms with Crippen LogP contribution in [0.15, 0.2) is 47.1 Å². The number of pyridine rings is 1. The van der Waals surface area contributed by atoms with Crippen molar-refractivity contribution >= 4 is 33.3 Å². The van der Waals surface area contributed by atoms with Gasteiger partial charge >= 0.3 is 0 Å². The molecule has 0 fully saturated rings. The van der Waals surface area contributed by atoms with Gasteiger partial charge in [-0.25, -0.2) is 4.98 Å². The molecule has 0 saturated heterocycles. The normalized spacial score (nSPS) is 9.94. The van der Waals surface area contributed by atoms with Crippen LogP contribution in [0.2, 0.25) is 0 Å². The molecule has 1 heterocycles. The van der Waals surface area contributed by atoms with Crippen LogP contribution in [0.5, 0.6) is 0 Å². The molecule has 0 aliphatic carbocycles. The number of carbonyl (C=O) groups excluding carboxylic acids is 1. The molecule has 1 aromatic heterocycles. The molecule has 17 heavy (non-hydrogen) atoms. The maximum Gasteiger partial charge on any atom is 0.252 e. The van der Waals surface area contributed by atoms with Crippen molar-refractivity contribution in [2.24, 2.45) is 5.73 Å². The first-order valence-corrected chi connectivity index (χ1v) is 5.73. The van der Waals surface area contributed by atoms with Crippen LogP contribution in [0.4, 0.5) is 11.5 Å². The molecule has 3 N–H and O–H groups in total. The molecule has 0 unspecified atom stereocenters. The third-order valence-corrected chi connectivity index (χ3v) is 2.71. The van der Waals surface area contributed by atoms with Gasteiger partial charge < -0.3 is 11.1 Å². The number of carbonyl (C=O) groups is 1. The second-order valence-electron chi connectivity index (χ2n) is 3.40. The van der Waals surface area contributed by atoms with Crippen LogP contribution in [0, 0.1) is 0 Å². The molecule has 0 aliphatic rings. The minimum Gasteiger partial charge on any atom is -0.365 e. The zero-order valence-corrected chi connectivity index (χ0v) is 10.4. The molecule has 1 amide bonds. The first-order chi connectivity index (χ1) is 8.16. The van der Waals surface area contributed by atoms with Gasteiger partial charge in [-0.2, -0.15) is 0 Å². The Kier molecular flexibility index (Phi) is 3.39. The summed E-state index contributed by atoms with van der Waals surface area (Å²) in [4.78, 5) is 15.3. The van der Waals surface area contributed by atoms with E-state index in [0.717, 1.165) is 10.2 Å². The fourth-order valence-electron chi connectivity index (χ4n) is 1.37. The van der Waals surface area contributed by atoms with Gasteiger partial charge in [-0.05, 0) is 36.4 Å². The first kappa shape index (κ1) is 11.6. The van der Waals surface area contributed by atoms with E-state index < -0.39 is 5.91 Å². The van der Waals surface area contributed by atoms with Gasteiger partial charge in [0.15, 0.2) is 0 Å². The summed E-state index contributed by atoms with van der Waals surface area (Å²) in [5.41, 5.74) is 6.48. The molecule has 0 saturated carbocycles. The van der Waals surface area contributed by atoms with Crippen molar-refractivity contribution in [2.75, 3.05) is 5.32 Å². The standard InChI is InChI=1S/C12H10BrN3O/c13-8-3-5-9(6-4-8)16-12-10(11(14)17)2-1-7-15-12/h1-7H,(H2,14,17)(H,15,16). The molecule has 5 heteroatoms. The van der Waals surface area contributed by atoms with Crippen LogP contribution in [-0.4, -0.2) is 10.9 Å². The van der Waals surface area contributed by atoms with E-state index in [0.29, 0.717) is 11.4 Å². The molecular formula is C12H10BrN3O. The van der Waals surface area contributed by atoms with Crippen LogP contribution in [0.1, 0.15) is 10.4 Å². The predicted molar refractivity (Wildman–Crippen MR) is 70.2 cm³/mol. The topological polar surface area (TPSA) is 68.0 Å². The van der Waals surface area contributed by atoms with Gasteiger partial charge in [-0.3, -0.25) is 4.79 Å². The van der Waals surface area contributed by atoms with E-state index in [9.17, 15) is 4.79 Å². The lowest BCUT2D eigenvalue weighted by Gasteiger charge is -2.08. The molecule has 86 valence electrons. The second-order valence-corrected chi connectivity index (χ2v) is 4.31. The quantitative estimate of drug-likeness (QED) is 0.914. The third kappa shape index (κ3) is 2.82. The Hall–Kier alpha value is -1.88. The second kappa shape index (κ2) is 4.97. The number of benzene rings is 1. The SMILES string of the molecule is NC(=O)c1cccnc1Nc1ccc(Br)cc1. The van der Waals surface area contributed by atoms with E-state index in [1.165, 1.54) is 0 Å². The molecule has 2 rings (SSSR count). The van der Waals surface area contributed by atoms with E-state index in [1.807, 2.05) is 24.3 Å². The number of amides is 1. The number of hydrogen-bond acceptors (Lipinski definition) is 3. The summed E-state index contributed by atoms with van der Waals surface area (Å²) in [5.74, 6) is -0.0416. The Bertz CT molecular complexity index is 540. The van der Waals surface area contributed by atoms with Gasteiger partial charge in [-0.1, -0.05) is 15.9 Å². The van der Waals surface area contributed by atoms with E-state index in [1.54, 1.807) is 18.3 Å². The lowest BCUT2D eigenvalue weighted by atomic mass is 10.2. The average Bonchev–Trinajstić information content (AvgIpc) is 2.32. The number of halogens is 1. The Morgan fingerprint density at radius 2 is 1.94 bits per heavy atom. The van der Waals surface area contributed by atoms with E-state index in [4.69, 9.17) is 5.73 Å². The monoisotopic (exact) mass is 291 g/mol. The number of nitrogens with two attached hydrogens (primary N) is 1. The van der Waals surface area contributed by atoms with Crippen LogP contribution >= 0.6 is 15.9 Å². The maximum atomic E-state index is 11.2. The van der Waals surface area contributed by atoms with Crippen molar-refractivity contribution < 1.29 is 4.79 Å². The summed E-state index contributed by atoms with van der Waals surface area (Å²) in [6.45, 7) is 0. The molecule has 4 nitrogen and oxygen atoms in total. The first-order valence-electron chi connectivity index (χ1n) is 4.94. The van der Waals surface area contributed by atoms with Crippen molar-refractivity contribution in [3.63, 3.8) is 0 Å². The Morgan fingerprint density at radius 1 is 1.24 bits per heavy atom. The van der Waals surface area contributed by atoms with Crippen LogP contribution in [0.25, 0.3) is 0 Å². The number of aromatic nitrogens is 1. The number of primary amides is 1. The van der Waals surface area contributed by atoms with E-state index >= 15 is 0 Å². The predicted octanol–water partition coefficient (Wildman–Crippen LogP) is 2.69. The number of anilines is 2. The highest BCUT2D eigenvalue weighted by atomic mass is 79.9. The number of nitrogens with one attached hydrogen (secondary N) is 1. The molecule has 1 aromatic carbocycles. The van der Waals surface area contributed by atoms with Gasteiger partial charge in [0.1, 0.15) is 5.82 Å². The van der Waals surface area contributed by atoms with Crippen molar-refractivity contribution in [3.8, 4) is 0 Å². The van der Waals surface area contributed by atoms with E-state index in [2.05, 4.69) is 26.2 Å². The summed E-state index contributed by atoms with van der Waals surface area (Å²) in [6.07, 6.45) is 1.60. The van der Waals surface area contributed by atoms with Gasteiger partial charge in [0.05, 0.1) is 5.56 Å². The van der Waals surface area contributed by atoms with Crippen LogP contribution in [-0.2, 0) is 0 Å². The summed E-state index contributed by atoms with van der Waals surface area (Å²) >= 11 is 3.35. The molecule has 0 radical (unpaired) electrons. The highest BCUT2D eigenvalue weighted by Gasteiger charge is 2.08. The fourth-order valence-corrected chi connectivity index (χ4v) is 1.64. The zero-order chi connectivity index (χ0) is 12.3. The molecule has 2 aromatic rings. The van der Waals surface area contributed by atoms with Crippen molar-refractivity contribution in [1.82, 2.24) is 4.98 Å². The van der Waals surface area contributed by atoms with Crippen molar-refractivity contribution in [3.05, 3.63) is 52.6 Å². The van der Waals surface area contributed by atoms with Gasteiger partial charge in [0.2, 0.25) is 0 Å². The highest BCUT2D eigenvalue weighted by Crippen LogP contribution is 2.20. The summed E-state index contributed by atoms with van der Waals surface area (Å²) in [7, 11) is 0. The van der Waals surface area contributed by atoms with Gasteiger partial charge in [-0.15, -0.1) is 0 Å². The Balaban J connectivity index is 2.30. The lowest BCUT2D eigenvalue weighted by molar-refractivity contribution is 0.100. The Labute approximate surface area is 107 Å². The van der Waals surface area contributed by atoms with E-state index in [-0.39, 0.29) is 0 Å². The zero-order valence-electron chi connectivity index (χ0n) is 8.85. The molecule has 0 aliphatic heterocycles. The maximum absolute atomic E-state index is 11.2. The van der Waals surface area contributed by atoms with Crippen molar-refractivity contribution in [2.45, 2.75) is 0 Å². The number of hydrogen-bond donors (Lipinski definition) is 2.